The molecule has 3 rings (SSSR count). The second-order valence-electron chi connectivity index (χ2n) is 8.85. The van der Waals surface area contributed by atoms with E-state index in [4.69, 9.17) is 0 Å². The Hall–Kier alpha value is -1.62. The van der Waals surface area contributed by atoms with E-state index in [1.807, 2.05) is 11.0 Å². The van der Waals surface area contributed by atoms with Crippen LogP contribution in [0.1, 0.15) is 63.6 Å². The highest BCUT2D eigenvalue weighted by Crippen LogP contribution is 2.32. The molecule has 1 amide bonds. The summed E-state index contributed by atoms with van der Waals surface area (Å²) >= 11 is 0. The number of rotatable bonds is 3. The van der Waals surface area contributed by atoms with E-state index in [0.29, 0.717) is 11.7 Å². The van der Waals surface area contributed by atoms with Crippen molar-refractivity contribution < 1.29 is 4.79 Å². The molecule has 5 heteroatoms. The summed E-state index contributed by atoms with van der Waals surface area (Å²) in [6.07, 6.45) is 4.67. The Morgan fingerprint density at radius 3 is 2.68 bits per heavy atom. The lowest BCUT2D eigenvalue weighted by atomic mass is 9.91. The van der Waals surface area contributed by atoms with Crippen molar-refractivity contribution in [3.05, 3.63) is 29.1 Å². The van der Waals surface area contributed by atoms with Crippen LogP contribution in [-0.4, -0.2) is 58.1 Å². The maximum absolute atomic E-state index is 12.9. The SMILES string of the molecule is CC(C)=CCN1CC[C@@H]2CCN(C(=O)c3cc(C(C)(C)C)[nH]n3)C[C@@H]21. The van der Waals surface area contributed by atoms with E-state index < -0.39 is 0 Å². The standard InChI is InChI=1S/C20H32N4O/c1-14(2)6-9-23-10-7-15-8-11-24(13-17(15)23)19(25)16-12-18(22-21-16)20(3,4)5/h6,12,15,17H,7-11,13H2,1-5H3,(H,21,22)/t15-,17+/m1/s1. The first-order valence-corrected chi connectivity index (χ1v) is 9.48. The molecule has 5 nitrogen and oxygen atoms in total. The van der Waals surface area contributed by atoms with Gasteiger partial charge in [0.05, 0.1) is 0 Å². The topological polar surface area (TPSA) is 52.2 Å². The largest absolute Gasteiger partial charge is 0.336 e. The zero-order valence-corrected chi connectivity index (χ0v) is 16.3. The lowest BCUT2D eigenvalue weighted by Crippen LogP contribution is -2.50. The third kappa shape index (κ3) is 3.97. The van der Waals surface area contributed by atoms with Gasteiger partial charge in [-0.1, -0.05) is 32.4 Å². The van der Waals surface area contributed by atoms with E-state index in [1.54, 1.807) is 0 Å². The molecule has 3 heterocycles. The number of amides is 1. The molecule has 0 unspecified atom stereocenters. The number of aromatic amines is 1. The Bertz CT molecular complexity index is 651. The molecule has 2 fully saturated rings. The molecule has 1 N–H and O–H groups in total. The van der Waals surface area contributed by atoms with Crippen LogP contribution in [0.15, 0.2) is 17.7 Å². The second-order valence-corrected chi connectivity index (χ2v) is 8.85. The fourth-order valence-corrected chi connectivity index (χ4v) is 3.92. The van der Waals surface area contributed by atoms with Gasteiger partial charge in [0, 0.05) is 36.8 Å². The summed E-state index contributed by atoms with van der Waals surface area (Å²) in [6.45, 7) is 14.5. The number of carbonyl (C=O) groups excluding carboxylic acids is 1. The molecule has 1 aromatic heterocycles. The Morgan fingerprint density at radius 1 is 1.32 bits per heavy atom. The van der Waals surface area contributed by atoms with Gasteiger partial charge in [-0.25, -0.2) is 0 Å². The number of H-pyrrole nitrogens is 1. The molecule has 0 bridgehead atoms. The quantitative estimate of drug-likeness (QED) is 0.857. The molecular weight excluding hydrogens is 312 g/mol. The molecule has 2 atom stereocenters. The molecule has 25 heavy (non-hydrogen) atoms. The Kier molecular flexibility index (Phi) is 5.05. The molecule has 0 aliphatic carbocycles. The van der Waals surface area contributed by atoms with E-state index in [-0.39, 0.29) is 11.3 Å². The number of aromatic nitrogens is 2. The third-order valence-corrected chi connectivity index (χ3v) is 5.60. The first kappa shape index (κ1) is 18.2. The molecule has 2 aliphatic heterocycles. The monoisotopic (exact) mass is 344 g/mol. The molecule has 0 saturated carbocycles. The predicted octanol–water partition coefficient (Wildman–Crippen LogP) is 3.21. The summed E-state index contributed by atoms with van der Waals surface area (Å²) < 4.78 is 0. The van der Waals surface area contributed by atoms with Crippen LogP contribution in [0.3, 0.4) is 0 Å². The highest BCUT2D eigenvalue weighted by Gasteiger charge is 2.39. The van der Waals surface area contributed by atoms with Gasteiger partial charge in [-0.2, -0.15) is 5.10 Å². The molecule has 0 spiro atoms. The van der Waals surface area contributed by atoms with Crippen LogP contribution >= 0.6 is 0 Å². The zero-order chi connectivity index (χ0) is 18.2. The van der Waals surface area contributed by atoms with E-state index >= 15 is 0 Å². The van der Waals surface area contributed by atoms with Gasteiger partial charge in [-0.05, 0) is 45.2 Å². The van der Waals surface area contributed by atoms with Gasteiger partial charge in [-0.15, -0.1) is 0 Å². The van der Waals surface area contributed by atoms with Gasteiger partial charge in [0.25, 0.3) is 5.91 Å². The van der Waals surface area contributed by atoms with E-state index in [0.717, 1.165) is 44.2 Å². The van der Waals surface area contributed by atoms with Crippen LogP contribution in [-0.2, 0) is 5.41 Å². The molecule has 2 saturated heterocycles. The normalized spacial score (nSPS) is 24.3. The van der Waals surface area contributed by atoms with Crippen LogP contribution < -0.4 is 0 Å². The number of hydrogen-bond donors (Lipinski definition) is 1. The van der Waals surface area contributed by atoms with Crippen molar-refractivity contribution in [2.75, 3.05) is 26.2 Å². The third-order valence-electron chi connectivity index (χ3n) is 5.60. The molecule has 0 aromatic carbocycles. The van der Waals surface area contributed by atoms with E-state index in [1.165, 1.54) is 12.0 Å². The van der Waals surface area contributed by atoms with Crippen molar-refractivity contribution in [2.24, 2.45) is 5.92 Å². The van der Waals surface area contributed by atoms with Gasteiger partial charge in [-0.3, -0.25) is 14.8 Å². The molecular formula is C20H32N4O. The van der Waals surface area contributed by atoms with Crippen LogP contribution in [0.5, 0.6) is 0 Å². The van der Waals surface area contributed by atoms with Gasteiger partial charge in [0.15, 0.2) is 0 Å². The number of allylic oxidation sites excluding steroid dienone is 1. The van der Waals surface area contributed by atoms with Gasteiger partial charge in [0.2, 0.25) is 0 Å². The lowest BCUT2D eigenvalue weighted by molar-refractivity contribution is 0.0585. The molecule has 0 radical (unpaired) electrons. The summed E-state index contributed by atoms with van der Waals surface area (Å²) in [5, 5.41) is 7.32. The van der Waals surface area contributed by atoms with Crippen molar-refractivity contribution in [3.63, 3.8) is 0 Å². The van der Waals surface area contributed by atoms with Crippen LogP contribution in [0.2, 0.25) is 0 Å². The summed E-state index contributed by atoms with van der Waals surface area (Å²) in [5.41, 5.74) is 2.90. The number of carbonyl (C=O) groups is 1. The number of likely N-dealkylation sites (tertiary alicyclic amines) is 2. The van der Waals surface area contributed by atoms with Gasteiger partial charge < -0.3 is 4.90 Å². The van der Waals surface area contributed by atoms with Crippen molar-refractivity contribution >= 4 is 5.91 Å². The first-order chi connectivity index (χ1) is 11.8. The fourth-order valence-electron chi connectivity index (χ4n) is 3.92. The molecule has 138 valence electrons. The summed E-state index contributed by atoms with van der Waals surface area (Å²) in [6, 6.07) is 2.42. The highest BCUT2D eigenvalue weighted by molar-refractivity contribution is 5.92. The summed E-state index contributed by atoms with van der Waals surface area (Å²) in [4.78, 5) is 17.5. The van der Waals surface area contributed by atoms with E-state index in [9.17, 15) is 4.79 Å². The fraction of sp³-hybridized carbons (Fsp3) is 0.700. The Morgan fingerprint density at radius 2 is 2.04 bits per heavy atom. The maximum Gasteiger partial charge on any atom is 0.274 e. The minimum absolute atomic E-state index is 0.0227. The van der Waals surface area contributed by atoms with Crippen LogP contribution in [0, 0.1) is 5.92 Å². The predicted molar refractivity (Wildman–Crippen MR) is 101 cm³/mol. The number of nitrogens with one attached hydrogen (secondary N) is 1. The van der Waals surface area contributed by atoms with Crippen LogP contribution in [0.25, 0.3) is 0 Å². The Balaban J connectivity index is 1.68. The summed E-state index contributed by atoms with van der Waals surface area (Å²) in [5.74, 6) is 0.804. The molecule has 2 aliphatic rings. The highest BCUT2D eigenvalue weighted by atomic mass is 16.2. The van der Waals surface area contributed by atoms with Crippen molar-refractivity contribution in [1.29, 1.82) is 0 Å². The number of fused-ring (bicyclic) bond motifs is 1. The maximum atomic E-state index is 12.9. The summed E-state index contributed by atoms with van der Waals surface area (Å²) in [7, 11) is 0. The van der Waals surface area contributed by atoms with Crippen molar-refractivity contribution in [2.45, 2.75) is 58.9 Å². The van der Waals surface area contributed by atoms with Crippen molar-refractivity contribution in [3.8, 4) is 0 Å². The van der Waals surface area contributed by atoms with Gasteiger partial charge >= 0.3 is 0 Å². The van der Waals surface area contributed by atoms with Gasteiger partial charge in [0.1, 0.15) is 5.69 Å². The average molecular weight is 345 g/mol. The number of nitrogens with zero attached hydrogens (tertiary/aromatic N) is 3. The zero-order valence-electron chi connectivity index (χ0n) is 16.3. The number of piperidine rings is 1. The van der Waals surface area contributed by atoms with Crippen LogP contribution in [0.4, 0.5) is 0 Å². The van der Waals surface area contributed by atoms with E-state index in [2.05, 4.69) is 55.8 Å². The smallest absolute Gasteiger partial charge is 0.274 e. The first-order valence-electron chi connectivity index (χ1n) is 9.48. The lowest BCUT2D eigenvalue weighted by Gasteiger charge is -2.38. The minimum atomic E-state index is -0.0227. The Labute approximate surface area is 151 Å². The second kappa shape index (κ2) is 6.94. The minimum Gasteiger partial charge on any atom is -0.336 e. The van der Waals surface area contributed by atoms with Crippen molar-refractivity contribution in [1.82, 2.24) is 20.0 Å². The number of hydrogen-bond acceptors (Lipinski definition) is 3. The molecule has 1 aromatic rings. The average Bonchev–Trinajstić information content (AvgIpc) is 3.18.